The molecule has 0 aromatic heterocycles. The molecule has 0 spiro atoms. The van der Waals surface area contributed by atoms with Crippen molar-refractivity contribution in [1.82, 2.24) is 0 Å². The van der Waals surface area contributed by atoms with Crippen LogP contribution in [-0.4, -0.2) is 11.6 Å². The summed E-state index contributed by atoms with van der Waals surface area (Å²) in [6.07, 6.45) is 0. The minimum absolute atomic E-state index is 0.0163. The van der Waals surface area contributed by atoms with E-state index in [4.69, 9.17) is 0 Å². The van der Waals surface area contributed by atoms with Gasteiger partial charge in [0.2, 0.25) is 0 Å². The molecule has 0 atom stereocenters. The van der Waals surface area contributed by atoms with E-state index in [-0.39, 0.29) is 11.6 Å². The standard InChI is InChI=1S/C18H18O2/c1-18(2,3)17(20)15-12-8-7-11-14(15)16(19)13-9-5-4-6-10-13/h4-12H,1-3H3. The molecular formula is C18H18O2. The first-order valence-electron chi connectivity index (χ1n) is 6.65. The summed E-state index contributed by atoms with van der Waals surface area (Å²) in [4.78, 5) is 25.0. The third-order valence-corrected chi connectivity index (χ3v) is 3.13. The Kier molecular flexibility index (Phi) is 3.84. The van der Waals surface area contributed by atoms with Crippen LogP contribution < -0.4 is 0 Å². The van der Waals surface area contributed by atoms with E-state index in [1.54, 1.807) is 36.4 Å². The highest BCUT2D eigenvalue weighted by Gasteiger charge is 2.26. The van der Waals surface area contributed by atoms with Crippen LogP contribution in [0.3, 0.4) is 0 Å². The van der Waals surface area contributed by atoms with Crippen LogP contribution in [0.1, 0.15) is 47.1 Å². The molecule has 2 heteroatoms. The Bertz CT molecular complexity index is 634. The van der Waals surface area contributed by atoms with Gasteiger partial charge in [-0.1, -0.05) is 75.4 Å². The number of rotatable bonds is 3. The highest BCUT2D eigenvalue weighted by molar-refractivity contribution is 6.16. The van der Waals surface area contributed by atoms with Crippen molar-refractivity contribution in [2.75, 3.05) is 0 Å². The first-order chi connectivity index (χ1) is 9.41. The fourth-order valence-electron chi connectivity index (χ4n) is 2.03. The van der Waals surface area contributed by atoms with Gasteiger partial charge in [0.05, 0.1) is 0 Å². The van der Waals surface area contributed by atoms with Crippen molar-refractivity contribution in [3.63, 3.8) is 0 Å². The van der Waals surface area contributed by atoms with Crippen molar-refractivity contribution in [3.05, 3.63) is 71.3 Å². The third-order valence-electron chi connectivity index (χ3n) is 3.13. The van der Waals surface area contributed by atoms with Gasteiger partial charge in [-0.05, 0) is 0 Å². The summed E-state index contributed by atoms with van der Waals surface area (Å²) in [5.74, 6) is -0.129. The zero-order valence-electron chi connectivity index (χ0n) is 12.0. The summed E-state index contributed by atoms with van der Waals surface area (Å²) >= 11 is 0. The molecule has 2 rings (SSSR count). The average Bonchev–Trinajstić information content (AvgIpc) is 2.45. The summed E-state index contributed by atoms with van der Waals surface area (Å²) in [6, 6.07) is 16.1. The van der Waals surface area contributed by atoms with Crippen LogP contribution in [0.2, 0.25) is 0 Å². The minimum atomic E-state index is -0.507. The van der Waals surface area contributed by atoms with Crippen molar-refractivity contribution in [2.24, 2.45) is 5.41 Å². The second-order valence-electron chi connectivity index (χ2n) is 5.82. The van der Waals surface area contributed by atoms with E-state index in [0.717, 1.165) is 0 Å². The molecule has 2 nitrogen and oxygen atoms in total. The van der Waals surface area contributed by atoms with Gasteiger partial charge in [0, 0.05) is 22.1 Å². The lowest BCUT2D eigenvalue weighted by atomic mass is 9.83. The number of hydrogen-bond donors (Lipinski definition) is 0. The van der Waals surface area contributed by atoms with Gasteiger partial charge in [-0.3, -0.25) is 9.59 Å². The van der Waals surface area contributed by atoms with E-state index in [1.807, 2.05) is 39.0 Å². The molecule has 0 bridgehead atoms. The van der Waals surface area contributed by atoms with Crippen molar-refractivity contribution in [3.8, 4) is 0 Å². The molecule has 20 heavy (non-hydrogen) atoms. The van der Waals surface area contributed by atoms with Crippen LogP contribution in [0, 0.1) is 5.41 Å². The number of carbonyl (C=O) groups excluding carboxylic acids is 2. The number of Topliss-reactive ketones (excluding diaryl/α,β-unsaturated/α-hetero) is 1. The van der Waals surface area contributed by atoms with Crippen LogP contribution in [0.4, 0.5) is 0 Å². The van der Waals surface area contributed by atoms with E-state index in [1.165, 1.54) is 0 Å². The van der Waals surface area contributed by atoms with Gasteiger partial charge < -0.3 is 0 Å². The van der Waals surface area contributed by atoms with Crippen molar-refractivity contribution in [2.45, 2.75) is 20.8 Å². The predicted octanol–water partition coefficient (Wildman–Crippen LogP) is 4.15. The Morgan fingerprint density at radius 3 is 1.80 bits per heavy atom. The topological polar surface area (TPSA) is 34.1 Å². The van der Waals surface area contributed by atoms with Crippen molar-refractivity contribution < 1.29 is 9.59 Å². The van der Waals surface area contributed by atoms with Crippen LogP contribution in [-0.2, 0) is 0 Å². The van der Waals surface area contributed by atoms with E-state index >= 15 is 0 Å². The maximum absolute atomic E-state index is 12.5. The van der Waals surface area contributed by atoms with Gasteiger partial charge in [-0.15, -0.1) is 0 Å². The lowest BCUT2D eigenvalue weighted by Crippen LogP contribution is -2.22. The summed E-state index contributed by atoms with van der Waals surface area (Å²) < 4.78 is 0. The quantitative estimate of drug-likeness (QED) is 0.782. The average molecular weight is 266 g/mol. The van der Waals surface area contributed by atoms with Crippen LogP contribution in [0.5, 0.6) is 0 Å². The Morgan fingerprint density at radius 1 is 0.750 bits per heavy atom. The molecule has 0 aliphatic rings. The zero-order chi connectivity index (χ0) is 14.8. The van der Waals surface area contributed by atoms with Gasteiger partial charge >= 0.3 is 0 Å². The van der Waals surface area contributed by atoms with Gasteiger partial charge in [0.25, 0.3) is 0 Å². The molecule has 2 aromatic rings. The highest BCUT2D eigenvalue weighted by Crippen LogP contribution is 2.24. The fourth-order valence-corrected chi connectivity index (χ4v) is 2.03. The maximum Gasteiger partial charge on any atom is 0.193 e. The summed E-state index contributed by atoms with van der Waals surface area (Å²) in [5.41, 5.74) is 1.06. The van der Waals surface area contributed by atoms with Gasteiger partial charge in [-0.25, -0.2) is 0 Å². The molecule has 0 saturated carbocycles. The molecular weight excluding hydrogens is 248 g/mol. The van der Waals surface area contributed by atoms with Crippen molar-refractivity contribution in [1.29, 1.82) is 0 Å². The Hall–Kier alpha value is -2.22. The van der Waals surface area contributed by atoms with Crippen molar-refractivity contribution >= 4 is 11.6 Å². The summed E-state index contributed by atoms with van der Waals surface area (Å²) in [6.45, 7) is 5.58. The maximum atomic E-state index is 12.5. The molecule has 2 aromatic carbocycles. The van der Waals surface area contributed by atoms with Gasteiger partial charge in [-0.2, -0.15) is 0 Å². The highest BCUT2D eigenvalue weighted by atomic mass is 16.1. The molecule has 0 aliphatic heterocycles. The van der Waals surface area contributed by atoms with E-state index in [0.29, 0.717) is 16.7 Å². The lowest BCUT2D eigenvalue weighted by molar-refractivity contribution is 0.0852. The monoisotopic (exact) mass is 266 g/mol. The molecule has 0 fully saturated rings. The van der Waals surface area contributed by atoms with Gasteiger partial charge in [0.15, 0.2) is 11.6 Å². The largest absolute Gasteiger partial charge is 0.294 e. The second kappa shape index (κ2) is 5.41. The molecule has 0 aliphatic carbocycles. The van der Waals surface area contributed by atoms with Gasteiger partial charge in [0.1, 0.15) is 0 Å². The SMILES string of the molecule is CC(C)(C)C(=O)c1ccccc1C(=O)c1ccccc1. The smallest absolute Gasteiger partial charge is 0.193 e. The first-order valence-corrected chi connectivity index (χ1v) is 6.65. The number of hydrogen-bond acceptors (Lipinski definition) is 2. The van der Waals surface area contributed by atoms with Crippen LogP contribution >= 0.6 is 0 Å². The number of benzene rings is 2. The number of ketones is 2. The Labute approximate surface area is 119 Å². The molecule has 0 amide bonds. The minimum Gasteiger partial charge on any atom is -0.294 e. The summed E-state index contributed by atoms with van der Waals surface area (Å²) in [5, 5.41) is 0. The number of carbonyl (C=O) groups is 2. The summed E-state index contributed by atoms with van der Waals surface area (Å²) in [7, 11) is 0. The predicted molar refractivity (Wildman–Crippen MR) is 80.1 cm³/mol. The van der Waals surface area contributed by atoms with Crippen LogP contribution in [0.15, 0.2) is 54.6 Å². The zero-order valence-corrected chi connectivity index (χ0v) is 12.0. The molecule has 102 valence electrons. The third kappa shape index (κ3) is 2.85. The molecule has 0 radical (unpaired) electrons. The molecule has 0 N–H and O–H groups in total. The van der Waals surface area contributed by atoms with Crippen LogP contribution in [0.25, 0.3) is 0 Å². The second-order valence-corrected chi connectivity index (χ2v) is 5.82. The normalized spacial score (nSPS) is 11.2. The molecule has 0 unspecified atom stereocenters. The first kappa shape index (κ1) is 14.2. The van der Waals surface area contributed by atoms with E-state index in [2.05, 4.69) is 0 Å². The molecule has 0 heterocycles. The van der Waals surface area contributed by atoms with E-state index < -0.39 is 5.41 Å². The van der Waals surface area contributed by atoms with E-state index in [9.17, 15) is 9.59 Å². The lowest BCUT2D eigenvalue weighted by Gasteiger charge is -2.18. The Balaban J connectivity index is 2.49. The molecule has 0 saturated heterocycles. The fraction of sp³-hybridized carbons (Fsp3) is 0.222. The Morgan fingerprint density at radius 2 is 1.25 bits per heavy atom.